The summed E-state index contributed by atoms with van der Waals surface area (Å²) in [6, 6.07) is 7.70. The number of hydrogen-bond acceptors (Lipinski definition) is 5. The number of carbonyl (C=O) groups is 3. The van der Waals surface area contributed by atoms with Gasteiger partial charge in [-0.1, -0.05) is 12.1 Å². The highest BCUT2D eigenvalue weighted by molar-refractivity contribution is 7.13. The lowest BCUT2D eigenvalue weighted by atomic mass is 10.1. The van der Waals surface area contributed by atoms with Crippen molar-refractivity contribution < 1.29 is 32.3 Å². The zero-order valence-electron chi connectivity index (χ0n) is 16.4. The van der Waals surface area contributed by atoms with Gasteiger partial charge in [-0.05, 0) is 43.7 Å². The van der Waals surface area contributed by atoms with E-state index in [0.717, 1.165) is 21.9 Å². The predicted octanol–water partition coefficient (Wildman–Crippen LogP) is 3.40. The van der Waals surface area contributed by atoms with Crippen molar-refractivity contribution in [2.45, 2.75) is 26.6 Å². The quantitative estimate of drug-likeness (QED) is 0.636. The van der Waals surface area contributed by atoms with E-state index in [1.807, 2.05) is 6.92 Å². The monoisotopic (exact) mass is 442 g/mol. The molecule has 0 aliphatic heterocycles. The molecule has 0 bridgehead atoms. The van der Waals surface area contributed by atoms with Gasteiger partial charge in [0.15, 0.2) is 0 Å². The van der Waals surface area contributed by atoms with Crippen LogP contribution in [-0.2, 0) is 27.0 Å². The molecule has 2 amide bonds. The Kier molecular flexibility index (Phi) is 7.99. The van der Waals surface area contributed by atoms with Gasteiger partial charge in [0, 0.05) is 11.4 Å². The Labute approximate surface area is 175 Å². The zero-order chi connectivity index (χ0) is 22.3. The standard InChI is InChI=1S/C20H21F3N2O4S/c1-3-29-18(27)12-25(11-14-5-7-15(8-6-14)20(21,22)23)17(26)10-24-19(28)16-9-4-13(2)30-16/h4-9H,3,10-12H2,1-2H3,(H,24,28). The van der Waals surface area contributed by atoms with Gasteiger partial charge in [0.05, 0.1) is 23.6 Å². The van der Waals surface area contributed by atoms with Crippen LogP contribution in [0.15, 0.2) is 36.4 Å². The smallest absolute Gasteiger partial charge is 0.416 e. The van der Waals surface area contributed by atoms with E-state index in [2.05, 4.69) is 5.32 Å². The molecule has 0 aliphatic carbocycles. The van der Waals surface area contributed by atoms with Crippen LogP contribution in [0.5, 0.6) is 0 Å². The van der Waals surface area contributed by atoms with Crippen LogP contribution >= 0.6 is 11.3 Å². The minimum absolute atomic E-state index is 0.107. The number of ether oxygens (including phenoxy) is 1. The number of aryl methyl sites for hydroxylation is 1. The van der Waals surface area contributed by atoms with Crippen molar-refractivity contribution in [2.24, 2.45) is 0 Å². The van der Waals surface area contributed by atoms with Gasteiger partial charge in [0.25, 0.3) is 5.91 Å². The third-order valence-corrected chi connectivity index (χ3v) is 5.00. The van der Waals surface area contributed by atoms with Crippen LogP contribution in [0.1, 0.15) is 32.6 Å². The normalized spacial score (nSPS) is 11.1. The lowest BCUT2D eigenvalue weighted by Crippen LogP contribution is -2.42. The molecule has 162 valence electrons. The summed E-state index contributed by atoms with van der Waals surface area (Å²) in [5, 5.41) is 2.49. The molecule has 6 nitrogen and oxygen atoms in total. The van der Waals surface area contributed by atoms with E-state index in [9.17, 15) is 27.6 Å². The van der Waals surface area contributed by atoms with Crippen LogP contribution in [0.4, 0.5) is 13.2 Å². The largest absolute Gasteiger partial charge is 0.465 e. The maximum Gasteiger partial charge on any atom is 0.416 e. The average Bonchev–Trinajstić information content (AvgIpc) is 3.11. The zero-order valence-corrected chi connectivity index (χ0v) is 17.2. The van der Waals surface area contributed by atoms with Gasteiger partial charge in [0.2, 0.25) is 5.91 Å². The number of benzene rings is 1. The highest BCUT2D eigenvalue weighted by Crippen LogP contribution is 2.29. The number of nitrogens with one attached hydrogen (secondary N) is 1. The van der Waals surface area contributed by atoms with E-state index >= 15 is 0 Å². The molecule has 10 heteroatoms. The molecule has 0 aliphatic rings. The van der Waals surface area contributed by atoms with Crippen LogP contribution < -0.4 is 5.32 Å². The van der Waals surface area contributed by atoms with Crippen molar-refractivity contribution in [3.05, 3.63) is 57.3 Å². The molecule has 1 heterocycles. The lowest BCUT2D eigenvalue weighted by Gasteiger charge is -2.22. The van der Waals surface area contributed by atoms with E-state index in [4.69, 9.17) is 4.74 Å². The Hall–Kier alpha value is -2.88. The van der Waals surface area contributed by atoms with Crippen molar-refractivity contribution in [3.63, 3.8) is 0 Å². The SMILES string of the molecule is CCOC(=O)CN(Cc1ccc(C(F)(F)F)cc1)C(=O)CNC(=O)c1ccc(C)s1. The first-order valence-corrected chi connectivity index (χ1v) is 9.86. The van der Waals surface area contributed by atoms with Gasteiger partial charge in [-0.2, -0.15) is 13.2 Å². The topological polar surface area (TPSA) is 75.7 Å². The fourth-order valence-corrected chi connectivity index (χ4v) is 3.31. The lowest BCUT2D eigenvalue weighted by molar-refractivity contribution is -0.149. The number of alkyl halides is 3. The molecule has 30 heavy (non-hydrogen) atoms. The first-order chi connectivity index (χ1) is 14.1. The number of halogens is 3. The molecule has 1 aromatic heterocycles. The van der Waals surface area contributed by atoms with Gasteiger partial charge < -0.3 is 15.0 Å². The van der Waals surface area contributed by atoms with Gasteiger partial charge in [-0.15, -0.1) is 11.3 Å². The summed E-state index contributed by atoms with van der Waals surface area (Å²) in [4.78, 5) is 39.1. The first-order valence-electron chi connectivity index (χ1n) is 9.04. The molecule has 0 saturated heterocycles. The molecular formula is C20H21F3N2O4S. The number of esters is 1. The van der Waals surface area contributed by atoms with Crippen molar-refractivity contribution in [3.8, 4) is 0 Å². The average molecular weight is 442 g/mol. The molecule has 0 atom stereocenters. The molecule has 0 radical (unpaired) electrons. The number of thiophene rings is 1. The van der Waals surface area contributed by atoms with Crippen molar-refractivity contribution in [1.29, 1.82) is 0 Å². The molecule has 1 N–H and O–H groups in total. The Morgan fingerprint density at radius 2 is 1.77 bits per heavy atom. The van der Waals surface area contributed by atoms with E-state index in [1.165, 1.54) is 23.5 Å². The van der Waals surface area contributed by atoms with Crippen molar-refractivity contribution in [1.82, 2.24) is 10.2 Å². The molecule has 2 rings (SSSR count). The fraction of sp³-hybridized carbons (Fsp3) is 0.350. The van der Waals surface area contributed by atoms with Gasteiger partial charge >= 0.3 is 12.1 Å². The van der Waals surface area contributed by atoms with Crippen LogP contribution in [0.2, 0.25) is 0 Å². The molecule has 1 aromatic carbocycles. The van der Waals surface area contributed by atoms with Gasteiger partial charge in [-0.25, -0.2) is 0 Å². The highest BCUT2D eigenvalue weighted by atomic mass is 32.1. The van der Waals surface area contributed by atoms with Crippen molar-refractivity contribution >= 4 is 29.1 Å². The van der Waals surface area contributed by atoms with E-state index in [-0.39, 0.29) is 26.2 Å². The molecule has 2 aromatic rings. The minimum atomic E-state index is -4.47. The summed E-state index contributed by atoms with van der Waals surface area (Å²) in [5.74, 6) is -1.64. The highest BCUT2D eigenvalue weighted by Gasteiger charge is 2.30. The maximum atomic E-state index is 12.7. The molecule has 0 unspecified atom stereocenters. The van der Waals surface area contributed by atoms with Crippen LogP contribution in [0.25, 0.3) is 0 Å². The Balaban J connectivity index is 2.06. The molecule has 0 fully saturated rings. The molecule has 0 spiro atoms. The predicted molar refractivity (Wildman–Crippen MR) is 105 cm³/mol. The fourth-order valence-electron chi connectivity index (χ4n) is 2.53. The third kappa shape index (κ3) is 6.87. The van der Waals surface area contributed by atoms with E-state index in [1.54, 1.807) is 19.1 Å². The van der Waals surface area contributed by atoms with Crippen molar-refractivity contribution in [2.75, 3.05) is 19.7 Å². The summed E-state index contributed by atoms with van der Waals surface area (Å²) in [6.45, 7) is 2.72. The van der Waals surface area contributed by atoms with Gasteiger partial charge in [-0.3, -0.25) is 14.4 Å². The summed E-state index contributed by atoms with van der Waals surface area (Å²) in [7, 11) is 0. The van der Waals surface area contributed by atoms with Crippen LogP contribution in [-0.4, -0.2) is 42.4 Å². The van der Waals surface area contributed by atoms with Crippen LogP contribution in [0, 0.1) is 6.92 Å². The van der Waals surface area contributed by atoms with Crippen LogP contribution in [0.3, 0.4) is 0 Å². The maximum absolute atomic E-state index is 12.7. The number of nitrogens with zero attached hydrogens (tertiary/aromatic N) is 1. The second kappa shape index (κ2) is 10.2. The second-order valence-corrected chi connectivity index (χ2v) is 7.63. The number of amides is 2. The number of carbonyl (C=O) groups excluding carboxylic acids is 3. The summed E-state index contributed by atoms with van der Waals surface area (Å²) >= 11 is 1.28. The second-order valence-electron chi connectivity index (χ2n) is 6.34. The Morgan fingerprint density at radius 1 is 1.10 bits per heavy atom. The molecule has 0 saturated carbocycles. The summed E-state index contributed by atoms with van der Waals surface area (Å²) in [5.41, 5.74) is -0.408. The van der Waals surface area contributed by atoms with Gasteiger partial charge in [0.1, 0.15) is 6.54 Å². The summed E-state index contributed by atoms with van der Waals surface area (Å²) < 4.78 is 43.0. The third-order valence-electron chi connectivity index (χ3n) is 4.00. The minimum Gasteiger partial charge on any atom is -0.465 e. The number of hydrogen-bond donors (Lipinski definition) is 1. The Morgan fingerprint density at radius 3 is 2.30 bits per heavy atom. The number of rotatable bonds is 8. The first kappa shape index (κ1) is 23.4. The van der Waals surface area contributed by atoms with E-state index in [0.29, 0.717) is 10.4 Å². The Bertz CT molecular complexity index is 894. The molecular weight excluding hydrogens is 421 g/mol. The summed E-state index contributed by atoms with van der Waals surface area (Å²) in [6.07, 6.45) is -4.47. The van der Waals surface area contributed by atoms with E-state index < -0.39 is 29.5 Å².